The second kappa shape index (κ2) is 10.8. The van der Waals surface area contributed by atoms with E-state index < -0.39 is 29.2 Å². The van der Waals surface area contributed by atoms with E-state index in [1.54, 1.807) is 20.0 Å². The van der Waals surface area contributed by atoms with Gasteiger partial charge < -0.3 is 20.4 Å². The molecule has 162 valence electrons. The van der Waals surface area contributed by atoms with E-state index >= 15 is 0 Å². The summed E-state index contributed by atoms with van der Waals surface area (Å²) in [5, 5.41) is 5.53. The van der Waals surface area contributed by atoms with Gasteiger partial charge in [0.1, 0.15) is 12.1 Å². The van der Waals surface area contributed by atoms with E-state index in [0.717, 1.165) is 16.5 Å². The van der Waals surface area contributed by atoms with Gasteiger partial charge in [0.25, 0.3) is 0 Å². The fourth-order valence-corrected chi connectivity index (χ4v) is 3.18. The van der Waals surface area contributed by atoms with Crippen LogP contribution >= 0.6 is 11.6 Å². The van der Waals surface area contributed by atoms with Crippen molar-refractivity contribution in [1.82, 2.24) is 15.6 Å². The molecule has 1 aromatic carbocycles. The molecule has 0 bridgehead atoms. The maximum atomic E-state index is 12.9. The van der Waals surface area contributed by atoms with Crippen LogP contribution in [0.15, 0.2) is 30.5 Å². The van der Waals surface area contributed by atoms with Crippen LogP contribution in [0.3, 0.4) is 0 Å². The highest BCUT2D eigenvalue weighted by Gasteiger charge is 2.28. The molecule has 1 aromatic heterocycles. The first-order valence-electron chi connectivity index (χ1n) is 9.68. The van der Waals surface area contributed by atoms with Gasteiger partial charge in [-0.2, -0.15) is 0 Å². The van der Waals surface area contributed by atoms with Crippen LogP contribution in [0.2, 0.25) is 0 Å². The summed E-state index contributed by atoms with van der Waals surface area (Å²) in [6.45, 7) is 4.67. The van der Waals surface area contributed by atoms with Crippen molar-refractivity contribution in [2.45, 2.75) is 58.2 Å². The van der Waals surface area contributed by atoms with Crippen molar-refractivity contribution in [3.05, 3.63) is 36.0 Å². The van der Waals surface area contributed by atoms with E-state index in [1.807, 2.05) is 24.3 Å². The minimum atomic E-state index is -1.05. The van der Waals surface area contributed by atoms with Gasteiger partial charge in [-0.05, 0) is 43.5 Å². The van der Waals surface area contributed by atoms with Gasteiger partial charge in [0, 0.05) is 36.9 Å². The summed E-state index contributed by atoms with van der Waals surface area (Å²) in [5.74, 6) is -1.60. The van der Waals surface area contributed by atoms with Gasteiger partial charge in [-0.25, -0.2) is 4.79 Å². The van der Waals surface area contributed by atoms with E-state index in [1.165, 1.54) is 6.92 Å². The summed E-state index contributed by atoms with van der Waals surface area (Å²) in [6.07, 6.45) is 1.51. The number of esters is 1. The van der Waals surface area contributed by atoms with Crippen LogP contribution in [-0.4, -0.2) is 46.2 Å². The summed E-state index contributed by atoms with van der Waals surface area (Å²) >= 11 is 5.39. The normalized spacial score (nSPS) is 13.0. The maximum absolute atomic E-state index is 12.9. The molecule has 2 atom stereocenters. The third-order valence-corrected chi connectivity index (χ3v) is 4.56. The number of para-hydroxylation sites is 1. The average Bonchev–Trinajstić information content (AvgIpc) is 3.06. The van der Waals surface area contributed by atoms with E-state index in [0.29, 0.717) is 0 Å². The quantitative estimate of drug-likeness (QED) is 0.390. The first-order valence-corrected chi connectivity index (χ1v) is 10.1. The number of H-pyrrole nitrogens is 1. The van der Waals surface area contributed by atoms with Crippen molar-refractivity contribution >= 4 is 45.5 Å². The maximum Gasteiger partial charge on any atom is 0.328 e. The molecule has 2 unspecified atom stereocenters. The molecular weight excluding hydrogens is 410 g/mol. The highest BCUT2D eigenvalue weighted by Crippen LogP contribution is 2.19. The molecular formula is C21H26ClN3O5. The summed E-state index contributed by atoms with van der Waals surface area (Å²) in [6, 6.07) is 5.63. The van der Waals surface area contributed by atoms with Crippen LogP contribution in [0.1, 0.15) is 39.2 Å². The van der Waals surface area contributed by atoms with E-state index in [4.69, 9.17) is 16.3 Å². The lowest BCUT2D eigenvalue weighted by atomic mass is 10.0. The van der Waals surface area contributed by atoms with Crippen molar-refractivity contribution in [3.63, 3.8) is 0 Å². The van der Waals surface area contributed by atoms with Gasteiger partial charge in [-0.15, -0.1) is 0 Å². The zero-order valence-corrected chi connectivity index (χ0v) is 17.9. The molecule has 30 heavy (non-hydrogen) atoms. The Bertz CT molecular complexity index is 924. The molecule has 0 aliphatic heterocycles. The van der Waals surface area contributed by atoms with E-state index in [2.05, 4.69) is 15.6 Å². The van der Waals surface area contributed by atoms with Crippen LogP contribution in [0.5, 0.6) is 0 Å². The number of carbonyl (C=O) groups excluding carboxylic acids is 4. The molecule has 0 fully saturated rings. The Morgan fingerprint density at radius 1 is 1.10 bits per heavy atom. The third-order valence-electron chi connectivity index (χ3n) is 4.38. The molecule has 0 saturated carbocycles. The predicted octanol–water partition coefficient (Wildman–Crippen LogP) is 2.20. The summed E-state index contributed by atoms with van der Waals surface area (Å²) in [5.41, 5.74) is 1.75. The first-order chi connectivity index (χ1) is 14.2. The number of hydrogen-bond donors (Lipinski definition) is 3. The Labute approximate surface area is 179 Å². The summed E-state index contributed by atoms with van der Waals surface area (Å²) < 4.78 is 5.17. The molecule has 2 rings (SSSR count). The average molecular weight is 436 g/mol. The van der Waals surface area contributed by atoms with Gasteiger partial charge in [-0.1, -0.05) is 18.2 Å². The first kappa shape index (κ1) is 23.4. The molecule has 2 amide bonds. The Balaban J connectivity index is 2.19. The van der Waals surface area contributed by atoms with Gasteiger partial charge in [0.15, 0.2) is 0 Å². The lowest BCUT2D eigenvalue weighted by Crippen LogP contribution is -2.52. The van der Waals surface area contributed by atoms with Crippen molar-refractivity contribution in [3.8, 4) is 0 Å². The molecule has 0 aliphatic rings. The number of ether oxygens (including phenoxy) is 1. The second-order valence-corrected chi connectivity index (χ2v) is 7.68. The fourth-order valence-electron chi connectivity index (χ4n) is 3.07. The number of halogens is 1. The Kier molecular flexibility index (Phi) is 8.41. The number of aromatic nitrogens is 1. The number of fused-ring (bicyclic) bond motifs is 1. The molecule has 0 radical (unpaired) electrons. The molecule has 0 spiro atoms. The third kappa shape index (κ3) is 6.88. The summed E-state index contributed by atoms with van der Waals surface area (Å²) in [7, 11) is 0. The van der Waals surface area contributed by atoms with Crippen LogP contribution in [-0.2, 0) is 30.3 Å². The van der Waals surface area contributed by atoms with E-state index in [-0.39, 0.29) is 31.3 Å². The molecule has 2 aromatic rings. The number of benzene rings is 1. The van der Waals surface area contributed by atoms with Crippen molar-refractivity contribution in [2.24, 2.45) is 0 Å². The van der Waals surface area contributed by atoms with E-state index in [9.17, 15) is 19.2 Å². The van der Waals surface area contributed by atoms with Crippen LogP contribution < -0.4 is 10.6 Å². The van der Waals surface area contributed by atoms with Gasteiger partial charge in [0.2, 0.25) is 17.1 Å². The van der Waals surface area contributed by atoms with Gasteiger partial charge in [0.05, 0.1) is 6.10 Å². The molecule has 1 heterocycles. The largest absolute Gasteiger partial charge is 0.461 e. The zero-order chi connectivity index (χ0) is 22.3. The standard InChI is InChI=1S/C21H26ClN3O5/c1-12(2)30-21(29)17(8-9-19(22)27)25-20(28)18(24-13(3)26)10-14-11-23-16-7-5-4-6-15(14)16/h4-7,11-12,17-18,23H,8-10H2,1-3H3,(H,24,26)(H,25,28). The second-order valence-electron chi connectivity index (χ2n) is 7.26. The molecule has 0 aliphatic carbocycles. The van der Waals surface area contributed by atoms with Crippen molar-refractivity contribution in [2.75, 3.05) is 0 Å². The van der Waals surface area contributed by atoms with Crippen LogP contribution in [0.4, 0.5) is 0 Å². The number of rotatable bonds is 10. The number of nitrogens with one attached hydrogen (secondary N) is 3. The van der Waals surface area contributed by atoms with Crippen LogP contribution in [0.25, 0.3) is 10.9 Å². The summed E-state index contributed by atoms with van der Waals surface area (Å²) in [4.78, 5) is 51.2. The van der Waals surface area contributed by atoms with Crippen LogP contribution in [0, 0.1) is 0 Å². The minimum absolute atomic E-state index is 0.000493. The molecule has 9 heteroatoms. The molecule has 8 nitrogen and oxygen atoms in total. The Hall–Kier alpha value is -2.87. The zero-order valence-electron chi connectivity index (χ0n) is 17.2. The molecule has 0 saturated heterocycles. The lowest BCUT2D eigenvalue weighted by Gasteiger charge is -2.23. The topological polar surface area (TPSA) is 117 Å². The Morgan fingerprint density at radius 2 is 1.80 bits per heavy atom. The number of aromatic amines is 1. The fraction of sp³-hybridized carbons (Fsp3) is 0.429. The van der Waals surface area contributed by atoms with Crippen molar-refractivity contribution < 1.29 is 23.9 Å². The smallest absolute Gasteiger partial charge is 0.328 e. The number of hydrogen-bond acceptors (Lipinski definition) is 5. The van der Waals surface area contributed by atoms with Gasteiger partial charge >= 0.3 is 5.97 Å². The predicted molar refractivity (Wildman–Crippen MR) is 113 cm³/mol. The highest BCUT2D eigenvalue weighted by atomic mass is 35.5. The number of carbonyl (C=O) groups is 4. The van der Waals surface area contributed by atoms with Crippen molar-refractivity contribution in [1.29, 1.82) is 0 Å². The van der Waals surface area contributed by atoms with Gasteiger partial charge in [-0.3, -0.25) is 14.4 Å². The number of amides is 2. The SMILES string of the molecule is CC(=O)NC(Cc1c[nH]c2ccccc12)C(=O)NC(CCC(=O)Cl)C(=O)OC(C)C. The highest BCUT2D eigenvalue weighted by molar-refractivity contribution is 6.63. The monoisotopic (exact) mass is 435 g/mol. The lowest BCUT2D eigenvalue weighted by molar-refractivity contribution is -0.151. The Morgan fingerprint density at radius 3 is 2.43 bits per heavy atom. The minimum Gasteiger partial charge on any atom is -0.461 e. The molecule has 3 N–H and O–H groups in total.